The SMILES string of the molecule is C[C@H](N)CNc1ncc(C(N)=O)c(Nc2cccc(C(=O)CCc3ncc(Cl)s3)c2)n1. The van der Waals surface area contributed by atoms with Crippen molar-refractivity contribution in [2.45, 2.75) is 25.8 Å². The first-order valence-corrected chi connectivity index (χ1v) is 10.7. The second kappa shape index (κ2) is 10.3. The number of anilines is 3. The summed E-state index contributed by atoms with van der Waals surface area (Å²) >= 11 is 7.24. The molecule has 0 saturated heterocycles. The van der Waals surface area contributed by atoms with Crippen LogP contribution in [0.3, 0.4) is 0 Å². The predicted molar refractivity (Wildman–Crippen MR) is 122 cm³/mol. The minimum Gasteiger partial charge on any atom is -0.365 e. The van der Waals surface area contributed by atoms with Crippen molar-refractivity contribution < 1.29 is 9.59 Å². The Morgan fingerprint density at radius 2 is 2.06 bits per heavy atom. The lowest BCUT2D eigenvalue weighted by molar-refractivity contribution is 0.0979. The monoisotopic (exact) mass is 459 g/mol. The maximum atomic E-state index is 12.6. The Morgan fingerprint density at radius 1 is 1.26 bits per heavy atom. The van der Waals surface area contributed by atoms with E-state index in [1.54, 1.807) is 30.5 Å². The maximum Gasteiger partial charge on any atom is 0.254 e. The number of thiazole rings is 1. The van der Waals surface area contributed by atoms with Gasteiger partial charge in [0.1, 0.15) is 15.7 Å². The van der Waals surface area contributed by atoms with E-state index in [0.717, 1.165) is 5.01 Å². The van der Waals surface area contributed by atoms with Gasteiger partial charge in [0.2, 0.25) is 5.95 Å². The minimum absolute atomic E-state index is 0.0351. The highest BCUT2D eigenvalue weighted by Crippen LogP contribution is 2.23. The first kappa shape index (κ1) is 22.6. The van der Waals surface area contributed by atoms with Crippen LogP contribution in [0.5, 0.6) is 0 Å². The number of carbonyl (C=O) groups excluding carboxylic acids is 2. The van der Waals surface area contributed by atoms with E-state index in [1.807, 2.05) is 6.92 Å². The third kappa shape index (κ3) is 6.45. The highest BCUT2D eigenvalue weighted by molar-refractivity contribution is 7.15. The molecule has 3 rings (SSSR count). The van der Waals surface area contributed by atoms with Crippen molar-refractivity contribution in [2.24, 2.45) is 11.5 Å². The molecule has 0 aliphatic carbocycles. The summed E-state index contributed by atoms with van der Waals surface area (Å²) in [5.41, 5.74) is 12.4. The van der Waals surface area contributed by atoms with Crippen LogP contribution >= 0.6 is 22.9 Å². The van der Waals surface area contributed by atoms with E-state index in [2.05, 4.69) is 25.6 Å². The van der Waals surface area contributed by atoms with Gasteiger partial charge < -0.3 is 22.1 Å². The van der Waals surface area contributed by atoms with Crippen molar-refractivity contribution in [3.05, 3.63) is 57.1 Å². The number of nitrogens with one attached hydrogen (secondary N) is 2. The number of halogens is 1. The summed E-state index contributed by atoms with van der Waals surface area (Å²) < 4.78 is 0.596. The predicted octanol–water partition coefficient (Wildman–Crippen LogP) is 3.00. The summed E-state index contributed by atoms with van der Waals surface area (Å²) in [5, 5.41) is 6.86. The number of amides is 1. The quantitative estimate of drug-likeness (QED) is 0.338. The zero-order valence-corrected chi connectivity index (χ0v) is 18.3. The van der Waals surface area contributed by atoms with Crippen molar-refractivity contribution in [3.63, 3.8) is 0 Å². The fourth-order valence-electron chi connectivity index (χ4n) is 2.67. The van der Waals surface area contributed by atoms with Gasteiger partial charge in [-0.3, -0.25) is 9.59 Å². The molecule has 0 aliphatic heterocycles. The summed E-state index contributed by atoms with van der Waals surface area (Å²) in [6, 6.07) is 6.83. The lowest BCUT2D eigenvalue weighted by atomic mass is 10.1. The topological polar surface area (TPSA) is 149 Å². The summed E-state index contributed by atoms with van der Waals surface area (Å²) in [6.45, 7) is 2.30. The summed E-state index contributed by atoms with van der Waals surface area (Å²) in [6.07, 6.45) is 3.74. The number of ketones is 1. The zero-order valence-electron chi connectivity index (χ0n) is 16.8. The van der Waals surface area contributed by atoms with Crippen LogP contribution in [0, 0.1) is 0 Å². The number of aromatic nitrogens is 3. The molecular formula is C20H22ClN7O2S. The van der Waals surface area contributed by atoms with Gasteiger partial charge in [0.05, 0.1) is 11.2 Å². The van der Waals surface area contributed by atoms with Crippen LogP contribution in [0.2, 0.25) is 4.34 Å². The Balaban J connectivity index is 1.75. The summed E-state index contributed by atoms with van der Waals surface area (Å²) in [4.78, 5) is 37.0. The Hall–Kier alpha value is -3.08. The van der Waals surface area contributed by atoms with Crippen LogP contribution in [-0.2, 0) is 6.42 Å². The van der Waals surface area contributed by atoms with Crippen LogP contribution in [0.25, 0.3) is 0 Å². The third-order valence-corrected chi connectivity index (χ3v) is 5.35. The fourth-order valence-corrected chi connectivity index (χ4v) is 3.63. The lowest BCUT2D eigenvalue weighted by Gasteiger charge is -2.13. The number of aryl methyl sites for hydroxylation is 1. The lowest BCUT2D eigenvalue weighted by Crippen LogP contribution is -2.26. The third-order valence-electron chi connectivity index (χ3n) is 4.17. The van der Waals surface area contributed by atoms with Gasteiger partial charge in [-0.15, -0.1) is 11.3 Å². The van der Waals surface area contributed by atoms with E-state index in [0.29, 0.717) is 40.9 Å². The van der Waals surface area contributed by atoms with Crippen molar-refractivity contribution in [1.82, 2.24) is 15.0 Å². The first-order chi connectivity index (χ1) is 14.8. The molecular weight excluding hydrogens is 438 g/mol. The molecule has 0 bridgehead atoms. The first-order valence-electron chi connectivity index (χ1n) is 9.48. The summed E-state index contributed by atoms with van der Waals surface area (Å²) in [7, 11) is 0. The van der Waals surface area contributed by atoms with Gasteiger partial charge >= 0.3 is 0 Å². The number of nitrogens with two attached hydrogens (primary N) is 2. The molecule has 0 saturated carbocycles. The highest BCUT2D eigenvalue weighted by atomic mass is 35.5. The van der Waals surface area contributed by atoms with E-state index in [9.17, 15) is 9.59 Å². The number of hydrogen-bond acceptors (Lipinski definition) is 9. The molecule has 162 valence electrons. The van der Waals surface area contributed by atoms with Gasteiger partial charge in [-0.1, -0.05) is 23.7 Å². The van der Waals surface area contributed by atoms with Crippen molar-refractivity contribution in [2.75, 3.05) is 17.2 Å². The Bertz CT molecular complexity index is 1090. The number of rotatable bonds is 10. The average molecular weight is 460 g/mol. The van der Waals surface area contributed by atoms with Crippen molar-refractivity contribution >= 4 is 52.1 Å². The molecule has 0 aliphatic rings. The second-order valence-corrected chi connectivity index (χ2v) is 8.61. The van der Waals surface area contributed by atoms with Crippen molar-refractivity contribution in [3.8, 4) is 0 Å². The standard InChI is InChI=1S/C20H22ClN7O2S/c1-11(22)8-25-20-26-9-14(18(23)30)19(28-20)27-13-4-2-3-12(7-13)15(29)5-6-17-24-10-16(21)31-17/h2-4,7,9-11H,5-6,8,22H2,1H3,(H2,23,30)(H2,25,26,27,28)/t11-/m0/s1. The van der Waals surface area contributed by atoms with E-state index < -0.39 is 5.91 Å². The molecule has 1 aromatic carbocycles. The van der Waals surface area contributed by atoms with Gasteiger partial charge in [0, 0.05) is 42.9 Å². The van der Waals surface area contributed by atoms with Crippen molar-refractivity contribution in [1.29, 1.82) is 0 Å². The van der Waals surface area contributed by atoms with Crippen LogP contribution in [0.4, 0.5) is 17.5 Å². The smallest absolute Gasteiger partial charge is 0.254 e. The molecule has 0 spiro atoms. The molecule has 31 heavy (non-hydrogen) atoms. The molecule has 3 aromatic rings. The molecule has 1 amide bonds. The van der Waals surface area contributed by atoms with E-state index in [-0.39, 0.29) is 23.2 Å². The Morgan fingerprint density at radius 3 is 2.74 bits per heavy atom. The van der Waals surface area contributed by atoms with E-state index in [1.165, 1.54) is 17.5 Å². The number of nitrogens with zero attached hydrogens (tertiary/aromatic N) is 3. The van der Waals surface area contributed by atoms with Gasteiger partial charge in [0.25, 0.3) is 5.91 Å². The molecule has 2 aromatic heterocycles. The Labute approximate surface area is 188 Å². The normalized spacial score (nSPS) is 11.7. The molecule has 11 heteroatoms. The van der Waals surface area contributed by atoms with Crippen LogP contribution < -0.4 is 22.1 Å². The molecule has 6 N–H and O–H groups in total. The van der Waals surface area contributed by atoms with Crippen LogP contribution in [-0.4, -0.2) is 39.2 Å². The molecule has 0 radical (unpaired) electrons. The Kier molecular flexibility index (Phi) is 7.50. The molecule has 0 unspecified atom stereocenters. The van der Waals surface area contributed by atoms with Gasteiger partial charge in [-0.25, -0.2) is 9.97 Å². The van der Waals surface area contributed by atoms with E-state index in [4.69, 9.17) is 23.1 Å². The molecule has 2 heterocycles. The average Bonchev–Trinajstić information content (AvgIpc) is 3.15. The summed E-state index contributed by atoms with van der Waals surface area (Å²) in [5.74, 6) is -0.168. The largest absolute Gasteiger partial charge is 0.365 e. The van der Waals surface area contributed by atoms with Gasteiger partial charge in [-0.2, -0.15) is 4.98 Å². The van der Waals surface area contributed by atoms with Gasteiger partial charge in [0.15, 0.2) is 5.78 Å². The van der Waals surface area contributed by atoms with Crippen LogP contribution in [0.15, 0.2) is 36.7 Å². The zero-order chi connectivity index (χ0) is 22.4. The molecule has 1 atom stereocenters. The maximum absolute atomic E-state index is 12.6. The number of primary amides is 1. The molecule has 0 fully saturated rings. The second-order valence-electron chi connectivity index (χ2n) is 6.87. The van der Waals surface area contributed by atoms with Crippen LogP contribution in [0.1, 0.15) is 39.1 Å². The fraction of sp³-hybridized carbons (Fsp3) is 0.250. The number of hydrogen-bond donors (Lipinski definition) is 4. The van der Waals surface area contributed by atoms with E-state index >= 15 is 0 Å². The number of Topliss-reactive ketones (excluding diaryl/α,β-unsaturated/α-hetero) is 1. The van der Waals surface area contributed by atoms with Gasteiger partial charge in [-0.05, 0) is 19.1 Å². The highest BCUT2D eigenvalue weighted by Gasteiger charge is 2.14. The number of benzene rings is 1. The molecule has 9 nitrogen and oxygen atoms in total. The minimum atomic E-state index is -0.671. The number of carbonyl (C=O) groups is 2.